The Labute approximate surface area is 117 Å². The van der Waals surface area contributed by atoms with Gasteiger partial charge < -0.3 is 10.1 Å². The Bertz CT molecular complexity index is 390. The maximum Gasteiger partial charge on any atom is 0.137 e. The fourth-order valence-electron chi connectivity index (χ4n) is 1.43. The summed E-state index contributed by atoms with van der Waals surface area (Å²) in [6.07, 6.45) is 0.986. The molecule has 1 atom stereocenters. The fraction of sp³-hybridized carbons (Fsp3) is 0.571. The number of nitrogens with one attached hydrogen (secondary N) is 1. The SMILES string of the molecule is CCC(CNC(C)(C)C)Oc1ccc(F)c(Br)c1. The molecule has 1 aromatic carbocycles. The van der Waals surface area contributed by atoms with Gasteiger partial charge in [-0.05, 0) is 61.3 Å². The van der Waals surface area contributed by atoms with Crippen molar-refractivity contribution in [3.8, 4) is 5.75 Å². The summed E-state index contributed by atoms with van der Waals surface area (Å²) in [4.78, 5) is 0. The molecule has 1 unspecified atom stereocenters. The Hall–Kier alpha value is -0.610. The molecule has 0 saturated carbocycles. The van der Waals surface area contributed by atoms with Gasteiger partial charge in [0, 0.05) is 12.1 Å². The van der Waals surface area contributed by atoms with E-state index in [2.05, 4.69) is 48.9 Å². The molecule has 0 heterocycles. The normalized spacial score (nSPS) is 13.4. The number of ether oxygens (including phenoxy) is 1. The maximum absolute atomic E-state index is 13.1. The zero-order chi connectivity index (χ0) is 13.8. The average Bonchev–Trinajstić information content (AvgIpc) is 2.28. The minimum atomic E-state index is -0.275. The molecule has 0 aliphatic rings. The molecule has 4 heteroatoms. The van der Waals surface area contributed by atoms with Crippen LogP contribution in [0.3, 0.4) is 0 Å². The standard InChI is InChI=1S/C14H21BrFNO/c1-5-10(9-17-14(2,3)4)18-11-6-7-13(16)12(15)8-11/h6-8,10,17H,5,9H2,1-4H3. The van der Waals surface area contributed by atoms with Gasteiger partial charge in [-0.25, -0.2) is 4.39 Å². The van der Waals surface area contributed by atoms with Crippen molar-refractivity contribution in [1.29, 1.82) is 0 Å². The Kier molecular flexibility index (Phi) is 5.60. The van der Waals surface area contributed by atoms with Crippen LogP contribution in [0.1, 0.15) is 34.1 Å². The summed E-state index contributed by atoms with van der Waals surface area (Å²) in [6, 6.07) is 4.72. The first-order chi connectivity index (χ1) is 8.31. The Balaban J connectivity index is 2.59. The van der Waals surface area contributed by atoms with Gasteiger partial charge in [-0.2, -0.15) is 0 Å². The predicted molar refractivity (Wildman–Crippen MR) is 76.6 cm³/mol. The third kappa shape index (κ3) is 5.36. The molecule has 0 fully saturated rings. The minimum absolute atomic E-state index is 0.0696. The van der Waals surface area contributed by atoms with Crippen LogP contribution in [0.5, 0.6) is 5.75 Å². The molecule has 0 spiro atoms. The number of rotatable bonds is 5. The van der Waals surface area contributed by atoms with Crippen LogP contribution in [-0.2, 0) is 0 Å². The summed E-state index contributed by atoms with van der Waals surface area (Å²) in [5, 5.41) is 3.41. The van der Waals surface area contributed by atoms with Crippen molar-refractivity contribution < 1.29 is 9.13 Å². The van der Waals surface area contributed by atoms with Crippen LogP contribution in [0.4, 0.5) is 4.39 Å². The molecule has 1 N–H and O–H groups in total. The van der Waals surface area contributed by atoms with Crippen molar-refractivity contribution in [3.05, 3.63) is 28.5 Å². The first-order valence-corrected chi connectivity index (χ1v) is 6.98. The van der Waals surface area contributed by atoms with Gasteiger partial charge in [-0.15, -0.1) is 0 Å². The van der Waals surface area contributed by atoms with E-state index in [0.717, 1.165) is 13.0 Å². The van der Waals surface area contributed by atoms with Gasteiger partial charge in [-0.1, -0.05) is 6.92 Å². The molecule has 0 radical (unpaired) electrons. The van der Waals surface area contributed by atoms with Gasteiger partial charge in [0.15, 0.2) is 0 Å². The predicted octanol–water partition coefficient (Wildman–Crippen LogP) is 4.13. The second-order valence-corrected chi connectivity index (χ2v) is 6.21. The summed E-state index contributed by atoms with van der Waals surface area (Å²) >= 11 is 3.16. The third-order valence-electron chi connectivity index (χ3n) is 2.51. The lowest BCUT2D eigenvalue weighted by atomic mass is 10.1. The van der Waals surface area contributed by atoms with Gasteiger partial charge in [0.25, 0.3) is 0 Å². The van der Waals surface area contributed by atoms with Gasteiger partial charge in [-0.3, -0.25) is 0 Å². The number of hydrogen-bond acceptors (Lipinski definition) is 2. The first kappa shape index (κ1) is 15.4. The smallest absolute Gasteiger partial charge is 0.137 e. The van der Waals surface area contributed by atoms with E-state index >= 15 is 0 Å². The number of hydrogen-bond donors (Lipinski definition) is 1. The third-order valence-corrected chi connectivity index (χ3v) is 3.12. The Morgan fingerprint density at radius 2 is 2.06 bits per heavy atom. The number of benzene rings is 1. The molecular weight excluding hydrogens is 297 g/mol. The fourth-order valence-corrected chi connectivity index (χ4v) is 1.79. The van der Waals surface area contributed by atoms with E-state index in [9.17, 15) is 4.39 Å². The molecule has 1 aromatic rings. The number of halogens is 2. The highest BCUT2D eigenvalue weighted by Gasteiger charge is 2.14. The highest BCUT2D eigenvalue weighted by Crippen LogP contribution is 2.22. The van der Waals surface area contributed by atoms with Crippen molar-refractivity contribution in [2.45, 2.75) is 45.8 Å². The second-order valence-electron chi connectivity index (χ2n) is 5.35. The summed E-state index contributed by atoms with van der Waals surface area (Å²) < 4.78 is 19.4. The highest BCUT2D eigenvalue weighted by atomic mass is 79.9. The zero-order valence-corrected chi connectivity index (χ0v) is 13.0. The lowest BCUT2D eigenvalue weighted by Gasteiger charge is -2.25. The molecule has 0 saturated heterocycles. The van der Waals surface area contributed by atoms with Crippen LogP contribution in [-0.4, -0.2) is 18.2 Å². The maximum atomic E-state index is 13.1. The zero-order valence-electron chi connectivity index (χ0n) is 11.4. The lowest BCUT2D eigenvalue weighted by molar-refractivity contribution is 0.181. The Morgan fingerprint density at radius 1 is 1.39 bits per heavy atom. The van der Waals surface area contributed by atoms with E-state index in [4.69, 9.17) is 4.74 Å². The largest absolute Gasteiger partial charge is 0.489 e. The minimum Gasteiger partial charge on any atom is -0.489 e. The van der Waals surface area contributed by atoms with Crippen molar-refractivity contribution in [2.75, 3.05) is 6.54 Å². The monoisotopic (exact) mass is 317 g/mol. The Morgan fingerprint density at radius 3 is 2.56 bits per heavy atom. The van der Waals surface area contributed by atoms with Crippen LogP contribution >= 0.6 is 15.9 Å². The first-order valence-electron chi connectivity index (χ1n) is 6.18. The molecule has 0 aliphatic heterocycles. The van der Waals surface area contributed by atoms with Crippen LogP contribution in [0.25, 0.3) is 0 Å². The van der Waals surface area contributed by atoms with Gasteiger partial charge in [0.2, 0.25) is 0 Å². The van der Waals surface area contributed by atoms with Crippen LogP contribution in [0.15, 0.2) is 22.7 Å². The van der Waals surface area contributed by atoms with E-state index in [1.807, 2.05) is 0 Å². The van der Waals surface area contributed by atoms with Crippen LogP contribution in [0.2, 0.25) is 0 Å². The molecule has 2 nitrogen and oxygen atoms in total. The highest BCUT2D eigenvalue weighted by molar-refractivity contribution is 9.10. The molecule has 0 aliphatic carbocycles. The van der Waals surface area contributed by atoms with Gasteiger partial charge >= 0.3 is 0 Å². The second kappa shape index (κ2) is 6.53. The van der Waals surface area contributed by atoms with Crippen LogP contribution in [0, 0.1) is 5.82 Å². The average molecular weight is 318 g/mol. The molecular formula is C14H21BrFNO. The summed E-state index contributed by atoms with van der Waals surface area (Å²) in [6.45, 7) is 9.21. The van der Waals surface area contributed by atoms with E-state index < -0.39 is 0 Å². The topological polar surface area (TPSA) is 21.3 Å². The van der Waals surface area contributed by atoms with Crippen molar-refractivity contribution in [1.82, 2.24) is 5.32 Å². The van der Waals surface area contributed by atoms with Gasteiger partial charge in [0.1, 0.15) is 17.7 Å². The molecule has 18 heavy (non-hydrogen) atoms. The quantitative estimate of drug-likeness (QED) is 0.881. The van der Waals surface area contributed by atoms with Crippen molar-refractivity contribution in [2.24, 2.45) is 0 Å². The van der Waals surface area contributed by atoms with E-state index in [0.29, 0.717) is 10.2 Å². The molecule has 0 amide bonds. The summed E-state index contributed by atoms with van der Waals surface area (Å²) in [5.74, 6) is 0.411. The molecule has 1 rings (SSSR count). The van der Waals surface area contributed by atoms with Gasteiger partial charge in [0.05, 0.1) is 4.47 Å². The van der Waals surface area contributed by atoms with E-state index in [1.165, 1.54) is 6.07 Å². The van der Waals surface area contributed by atoms with E-state index in [1.54, 1.807) is 12.1 Å². The van der Waals surface area contributed by atoms with E-state index in [-0.39, 0.29) is 17.5 Å². The lowest BCUT2D eigenvalue weighted by Crippen LogP contribution is -2.42. The van der Waals surface area contributed by atoms with Crippen LogP contribution < -0.4 is 10.1 Å². The molecule has 0 aromatic heterocycles. The van der Waals surface area contributed by atoms with Crippen molar-refractivity contribution in [3.63, 3.8) is 0 Å². The molecule has 102 valence electrons. The molecule has 0 bridgehead atoms. The summed E-state index contributed by atoms with van der Waals surface area (Å²) in [5.41, 5.74) is 0.0696. The van der Waals surface area contributed by atoms with Crippen molar-refractivity contribution >= 4 is 15.9 Å². The summed E-state index contributed by atoms with van der Waals surface area (Å²) in [7, 11) is 0.